The Morgan fingerprint density at radius 2 is 1.68 bits per heavy atom. The van der Waals surface area contributed by atoms with Crippen molar-refractivity contribution in [3.63, 3.8) is 0 Å². The Morgan fingerprint density at radius 3 is 2.18 bits per heavy atom. The molecule has 0 unspecified atom stereocenters. The summed E-state index contributed by atoms with van der Waals surface area (Å²) in [5, 5.41) is 0. The van der Waals surface area contributed by atoms with Gasteiger partial charge in [0.05, 0.1) is 17.8 Å². The van der Waals surface area contributed by atoms with Crippen LogP contribution < -0.4 is 0 Å². The van der Waals surface area contributed by atoms with Gasteiger partial charge in [-0.15, -0.1) is 0 Å². The lowest BCUT2D eigenvalue weighted by Gasteiger charge is -2.32. The van der Waals surface area contributed by atoms with Crippen molar-refractivity contribution in [2.75, 3.05) is 6.61 Å². The maximum absolute atomic E-state index is 11.9. The van der Waals surface area contributed by atoms with E-state index in [-0.39, 0.29) is 0 Å². The summed E-state index contributed by atoms with van der Waals surface area (Å²) in [7, 11) is -0.600. The molecule has 0 amide bonds. The lowest BCUT2D eigenvalue weighted by atomic mass is 9.74. The maximum Gasteiger partial charge on any atom is 0.495 e. The molecule has 5 heteroatoms. The van der Waals surface area contributed by atoms with Crippen molar-refractivity contribution in [3.05, 3.63) is 42.0 Å². The van der Waals surface area contributed by atoms with Crippen LogP contribution in [0.1, 0.15) is 40.2 Å². The van der Waals surface area contributed by atoms with E-state index in [1.807, 2.05) is 58.0 Å². The Kier molecular flexibility index (Phi) is 4.78. The third-order valence-corrected chi connectivity index (χ3v) is 4.17. The van der Waals surface area contributed by atoms with Gasteiger partial charge in [0.1, 0.15) is 0 Å². The predicted octanol–water partition coefficient (Wildman–Crippen LogP) is 3.26. The number of carbonyl (C=O) groups is 1. The second-order valence-electron chi connectivity index (χ2n) is 6.31. The molecule has 1 aromatic rings. The van der Waals surface area contributed by atoms with Gasteiger partial charge in [-0.25, -0.2) is 4.79 Å². The van der Waals surface area contributed by atoms with E-state index in [0.29, 0.717) is 12.1 Å². The average Bonchev–Trinajstić information content (AvgIpc) is 2.66. The van der Waals surface area contributed by atoms with Crippen LogP contribution in [0, 0.1) is 0 Å². The van der Waals surface area contributed by atoms with Crippen LogP contribution in [-0.2, 0) is 18.8 Å². The molecule has 4 nitrogen and oxygen atoms in total. The summed E-state index contributed by atoms with van der Waals surface area (Å²) in [6.07, 6.45) is 1.46. The van der Waals surface area contributed by atoms with E-state index in [4.69, 9.17) is 14.0 Å². The molecule has 1 aliphatic heterocycles. The largest absolute Gasteiger partial charge is 0.495 e. The first-order valence-electron chi connectivity index (χ1n) is 7.56. The maximum atomic E-state index is 11.9. The minimum Gasteiger partial charge on any atom is -0.463 e. The summed E-state index contributed by atoms with van der Waals surface area (Å²) < 4.78 is 17.2. The predicted molar refractivity (Wildman–Crippen MR) is 87.1 cm³/mol. The smallest absolute Gasteiger partial charge is 0.463 e. The molecule has 0 bridgehead atoms. The summed E-state index contributed by atoms with van der Waals surface area (Å²) in [5.41, 5.74) is 0.646. The topological polar surface area (TPSA) is 44.8 Å². The van der Waals surface area contributed by atoms with Crippen LogP contribution in [-0.4, -0.2) is 30.9 Å². The highest BCUT2D eigenvalue weighted by atomic mass is 16.7. The normalized spacial score (nSPS) is 20.0. The zero-order valence-corrected chi connectivity index (χ0v) is 13.9. The zero-order valence-electron chi connectivity index (χ0n) is 13.9. The fourth-order valence-corrected chi connectivity index (χ4v) is 2.20. The minimum atomic E-state index is -0.600. The van der Waals surface area contributed by atoms with Gasteiger partial charge in [-0.3, -0.25) is 0 Å². The molecule has 0 aromatic heterocycles. The second-order valence-corrected chi connectivity index (χ2v) is 6.31. The van der Waals surface area contributed by atoms with Gasteiger partial charge in [0.15, 0.2) is 0 Å². The van der Waals surface area contributed by atoms with E-state index in [0.717, 1.165) is 5.56 Å². The third-order valence-electron chi connectivity index (χ3n) is 4.17. The molecule has 0 spiro atoms. The quantitative estimate of drug-likeness (QED) is 0.486. The van der Waals surface area contributed by atoms with E-state index < -0.39 is 24.3 Å². The van der Waals surface area contributed by atoms with Crippen molar-refractivity contribution in [2.24, 2.45) is 0 Å². The van der Waals surface area contributed by atoms with Crippen molar-refractivity contribution in [1.29, 1.82) is 0 Å². The lowest BCUT2D eigenvalue weighted by Crippen LogP contribution is -2.41. The molecule has 2 rings (SSSR count). The third kappa shape index (κ3) is 3.42. The molecule has 0 atom stereocenters. The molecule has 1 aromatic carbocycles. The molecule has 22 heavy (non-hydrogen) atoms. The van der Waals surface area contributed by atoms with Crippen LogP contribution in [0.5, 0.6) is 0 Å². The molecule has 1 fully saturated rings. The van der Waals surface area contributed by atoms with Crippen molar-refractivity contribution >= 4 is 18.6 Å². The van der Waals surface area contributed by atoms with Gasteiger partial charge in [0, 0.05) is 6.08 Å². The van der Waals surface area contributed by atoms with Gasteiger partial charge < -0.3 is 14.0 Å². The molecular weight excluding hydrogens is 279 g/mol. The Hall–Kier alpha value is -1.59. The Morgan fingerprint density at radius 1 is 1.14 bits per heavy atom. The van der Waals surface area contributed by atoms with E-state index in [9.17, 15) is 4.79 Å². The summed E-state index contributed by atoms with van der Waals surface area (Å²) >= 11 is 0. The summed E-state index contributed by atoms with van der Waals surface area (Å²) in [6.45, 7) is 10.1. The van der Waals surface area contributed by atoms with Crippen LogP contribution in [0.3, 0.4) is 0 Å². The number of ether oxygens (including phenoxy) is 1. The fraction of sp³-hybridized carbons (Fsp3) is 0.471. The Labute approximate surface area is 132 Å². The Bertz CT molecular complexity index is 547. The molecule has 1 saturated heterocycles. The summed E-state index contributed by atoms with van der Waals surface area (Å²) in [4.78, 5) is 11.9. The number of benzene rings is 1. The van der Waals surface area contributed by atoms with E-state index in [1.54, 1.807) is 6.92 Å². The number of carbonyl (C=O) groups excluding carboxylic acids is 1. The van der Waals surface area contributed by atoms with Crippen LogP contribution in [0.4, 0.5) is 0 Å². The second kappa shape index (κ2) is 6.27. The molecular formula is C17H23BO4. The van der Waals surface area contributed by atoms with E-state index >= 15 is 0 Å². The standard InChI is InChI=1S/C17H23BO4/c1-6-20-15(19)12-14(13-10-8-7-9-11-13)18-21-16(2,3)17(4,5)22-18/h7-12H,6H2,1-5H3/b14-12-. The molecule has 0 aliphatic carbocycles. The van der Waals surface area contributed by atoms with Crippen molar-refractivity contribution in [3.8, 4) is 0 Å². The van der Waals surface area contributed by atoms with Gasteiger partial charge in [-0.1, -0.05) is 30.3 Å². The number of hydrogen-bond donors (Lipinski definition) is 0. The number of rotatable bonds is 4. The molecule has 118 valence electrons. The monoisotopic (exact) mass is 302 g/mol. The lowest BCUT2D eigenvalue weighted by molar-refractivity contribution is -0.137. The van der Waals surface area contributed by atoms with Crippen LogP contribution in [0.25, 0.3) is 5.47 Å². The molecule has 0 radical (unpaired) electrons. The SMILES string of the molecule is CCOC(=O)/C=C(\B1OC(C)(C)C(C)(C)O1)c1ccccc1. The molecule has 1 heterocycles. The first kappa shape index (κ1) is 16.8. The summed E-state index contributed by atoms with van der Waals surface area (Å²) in [6, 6.07) is 9.61. The summed E-state index contributed by atoms with van der Waals surface area (Å²) in [5.74, 6) is -0.393. The first-order chi connectivity index (χ1) is 10.3. The van der Waals surface area contributed by atoms with Gasteiger partial charge in [0.25, 0.3) is 0 Å². The Balaban J connectivity index is 2.37. The molecule has 1 aliphatic rings. The van der Waals surface area contributed by atoms with Crippen LogP contribution in [0.2, 0.25) is 0 Å². The first-order valence-corrected chi connectivity index (χ1v) is 7.56. The van der Waals surface area contributed by atoms with E-state index in [2.05, 4.69) is 0 Å². The van der Waals surface area contributed by atoms with Gasteiger partial charge in [-0.2, -0.15) is 0 Å². The van der Waals surface area contributed by atoms with Crippen LogP contribution in [0.15, 0.2) is 36.4 Å². The average molecular weight is 302 g/mol. The van der Waals surface area contributed by atoms with Gasteiger partial charge in [-0.05, 0) is 45.7 Å². The number of hydrogen-bond acceptors (Lipinski definition) is 4. The number of esters is 1. The highest BCUT2D eigenvalue weighted by Crippen LogP contribution is 2.40. The molecule has 0 N–H and O–H groups in total. The van der Waals surface area contributed by atoms with Crippen molar-refractivity contribution in [2.45, 2.75) is 45.8 Å². The zero-order chi connectivity index (χ0) is 16.4. The highest BCUT2D eigenvalue weighted by Gasteiger charge is 2.52. The molecule has 0 saturated carbocycles. The van der Waals surface area contributed by atoms with Crippen LogP contribution >= 0.6 is 0 Å². The van der Waals surface area contributed by atoms with E-state index in [1.165, 1.54) is 6.08 Å². The van der Waals surface area contributed by atoms with Gasteiger partial charge in [0.2, 0.25) is 0 Å². The fourth-order valence-electron chi connectivity index (χ4n) is 2.20. The van der Waals surface area contributed by atoms with Gasteiger partial charge >= 0.3 is 13.1 Å². The van der Waals surface area contributed by atoms with Crippen molar-refractivity contribution in [1.82, 2.24) is 0 Å². The minimum absolute atomic E-state index is 0.334. The van der Waals surface area contributed by atoms with Crippen molar-refractivity contribution < 1.29 is 18.8 Å². The highest BCUT2D eigenvalue weighted by molar-refractivity contribution is 6.69.